The molecule has 0 spiro atoms. The molecule has 0 amide bonds. The van der Waals surface area contributed by atoms with E-state index in [0.29, 0.717) is 12.1 Å². The van der Waals surface area contributed by atoms with Gasteiger partial charge < -0.3 is 4.74 Å². The minimum Gasteiger partial charge on any atom is -0.466 e. The lowest BCUT2D eigenvalue weighted by molar-refractivity contribution is -0.385. The van der Waals surface area contributed by atoms with Crippen LogP contribution in [0.25, 0.3) is 0 Å². The standard InChI is InChI=1S/C12H9F3N2O4/c1-2-21-11(18)5-7-3-9(12(13,14)15)8(6-16)4-10(7)17(19)20/h3-4H,2,5H2,1H3. The van der Waals surface area contributed by atoms with Gasteiger partial charge in [0.15, 0.2) is 0 Å². The summed E-state index contributed by atoms with van der Waals surface area (Å²) in [7, 11) is 0. The molecule has 0 saturated carbocycles. The van der Waals surface area contributed by atoms with E-state index >= 15 is 0 Å². The van der Waals surface area contributed by atoms with Crippen LogP contribution in [0.4, 0.5) is 18.9 Å². The number of rotatable bonds is 4. The molecule has 9 heteroatoms. The van der Waals surface area contributed by atoms with Gasteiger partial charge in [-0.05, 0) is 13.0 Å². The monoisotopic (exact) mass is 302 g/mol. The van der Waals surface area contributed by atoms with Gasteiger partial charge in [0.1, 0.15) is 6.07 Å². The molecule has 0 radical (unpaired) electrons. The van der Waals surface area contributed by atoms with E-state index in [1.165, 1.54) is 13.0 Å². The average molecular weight is 302 g/mol. The Morgan fingerprint density at radius 3 is 2.52 bits per heavy atom. The number of esters is 1. The predicted octanol–water partition coefficient (Wildman–Crippen LogP) is 2.59. The highest BCUT2D eigenvalue weighted by atomic mass is 19.4. The van der Waals surface area contributed by atoms with Crippen LogP contribution in [0.2, 0.25) is 0 Å². The molecule has 1 rings (SSSR count). The fraction of sp³-hybridized carbons (Fsp3) is 0.333. The number of carbonyl (C=O) groups is 1. The van der Waals surface area contributed by atoms with Crippen LogP contribution in [0, 0.1) is 21.4 Å². The summed E-state index contributed by atoms with van der Waals surface area (Å²) in [5.74, 6) is -0.890. The molecule has 0 fully saturated rings. The Morgan fingerprint density at radius 1 is 1.48 bits per heavy atom. The maximum atomic E-state index is 12.8. The van der Waals surface area contributed by atoms with Crippen LogP contribution in [-0.4, -0.2) is 17.5 Å². The molecular weight excluding hydrogens is 293 g/mol. The molecule has 1 aromatic carbocycles. The summed E-state index contributed by atoms with van der Waals surface area (Å²) >= 11 is 0. The Morgan fingerprint density at radius 2 is 2.10 bits per heavy atom. The van der Waals surface area contributed by atoms with Crippen molar-refractivity contribution in [3.63, 3.8) is 0 Å². The molecule has 1 aromatic rings. The Kier molecular flexibility index (Phi) is 4.86. The second-order valence-electron chi connectivity index (χ2n) is 3.87. The zero-order chi connectivity index (χ0) is 16.2. The van der Waals surface area contributed by atoms with Gasteiger partial charge in [0.05, 0.1) is 29.1 Å². The Hall–Kier alpha value is -2.63. The lowest BCUT2D eigenvalue weighted by atomic mass is 10.0. The molecule has 0 aliphatic rings. The first kappa shape index (κ1) is 16.4. The van der Waals surface area contributed by atoms with Gasteiger partial charge in [-0.2, -0.15) is 18.4 Å². The molecule has 0 aliphatic carbocycles. The largest absolute Gasteiger partial charge is 0.466 e. The van der Waals surface area contributed by atoms with E-state index in [1.807, 2.05) is 0 Å². The van der Waals surface area contributed by atoms with E-state index in [1.54, 1.807) is 0 Å². The van der Waals surface area contributed by atoms with Gasteiger partial charge >= 0.3 is 12.1 Å². The number of nitriles is 1. The van der Waals surface area contributed by atoms with Crippen LogP contribution >= 0.6 is 0 Å². The summed E-state index contributed by atoms with van der Waals surface area (Å²) in [6, 6.07) is 2.21. The second kappa shape index (κ2) is 6.21. The summed E-state index contributed by atoms with van der Waals surface area (Å²) in [6.45, 7) is 1.49. The number of carbonyl (C=O) groups excluding carboxylic acids is 1. The molecule has 0 bridgehead atoms. The van der Waals surface area contributed by atoms with Gasteiger partial charge in [-0.15, -0.1) is 0 Å². The molecule has 0 unspecified atom stereocenters. The van der Waals surface area contributed by atoms with Crippen molar-refractivity contribution in [1.29, 1.82) is 5.26 Å². The molecule has 0 atom stereocenters. The van der Waals surface area contributed by atoms with E-state index in [-0.39, 0.29) is 6.61 Å². The smallest absolute Gasteiger partial charge is 0.417 e. The predicted molar refractivity (Wildman–Crippen MR) is 63.2 cm³/mol. The van der Waals surface area contributed by atoms with Crippen molar-refractivity contribution in [2.75, 3.05) is 6.61 Å². The number of benzene rings is 1. The van der Waals surface area contributed by atoms with E-state index in [9.17, 15) is 28.1 Å². The first-order chi connectivity index (χ1) is 9.70. The molecule has 0 heterocycles. The van der Waals surface area contributed by atoms with Crippen LogP contribution in [-0.2, 0) is 22.1 Å². The number of alkyl halides is 3. The molecule has 0 saturated heterocycles. The third-order valence-corrected chi connectivity index (χ3v) is 2.48. The van der Waals surface area contributed by atoms with Crippen LogP contribution in [0.3, 0.4) is 0 Å². The number of nitro benzene ring substituents is 1. The van der Waals surface area contributed by atoms with Crippen LogP contribution < -0.4 is 0 Å². The van der Waals surface area contributed by atoms with E-state index in [0.717, 1.165) is 0 Å². The fourth-order valence-corrected chi connectivity index (χ4v) is 1.64. The van der Waals surface area contributed by atoms with Gasteiger partial charge in [-0.25, -0.2) is 0 Å². The molecule has 0 aromatic heterocycles. The molecule has 0 aliphatic heterocycles. The van der Waals surface area contributed by atoms with E-state index in [2.05, 4.69) is 4.74 Å². The number of nitrogens with zero attached hydrogens (tertiary/aromatic N) is 2. The van der Waals surface area contributed by atoms with Crippen molar-refractivity contribution in [3.05, 3.63) is 38.9 Å². The third-order valence-electron chi connectivity index (χ3n) is 2.48. The second-order valence-corrected chi connectivity index (χ2v) is 3.87. The first-order valence-corrected chi connectivity index (χ1v) is 5.65. The maximum absolute atomic E-state index is 12.8. The quantitative estimate of drug-likeness (QED) is 0.484. The summed E-state index contributed by atoms with van der Waals surface area (Å²) < 4.78 is 42.9. The van der Waals surface area contributed by atoms with Gasteiger partial charge in [0.2, 0.25) is 0 Å². The Labute approximate surface area is 116 Å². The highest BCUT2D eigenvalue weighted by Gasteiger charge is 2.36. The topological polar surface area (TPSA) is 93.2 Å². The summed E-state index contributed by atoms with van der Waals surface area (Å²) in [5.41, 5.74) is -3.38. The van der Waals surface area contributed by atoms with E-state index in [4.69, 9.17) is 5.26 Å². The van der Waals surface area contributed by atoms with Crippen molar-refractivity contribution < 1.29 is 27.6 Å². The highest BCUT2D eigenvalue weighted by Crippen LogP contribution is 2.35. The lowest BCUT2D eigenvalue weighted by Crippen LogP contribution is -2.13. The molecule has 0 N–H and O–H groups in total. The number of halogens is 3. The number of nitro groups is 1. The number of hydrogen-bond donors (Lipinski definition) is 0. The molecule has 6 nitrogen and oxygen atoms in total. The normalized spacial score (nSPS) is 10.8. The third kappa shape index (κ3) is 3.92. The average Bonchev–Trinajstić information content (AvgIpc) is 2.37. The maximum Gasteiger partial charge on any atom is 0.417 e. The number of hydrogen-bond acceptors (Lipinski definition) is 5. The van der Waals surface area contributed by atoms with Crippen LogP contribution in [0.15, 0.2) is 12.1 Å². The zero-order valence-electron chi connectivity index (χ0n) is 10.7. The van der Waals surface area contributed by atoms with Crippen molar-refractivity contribution in [2.24, 2.45) is 0 Å². The van der Waals surface area contributed by atoms with Gasteiger partial charge in [0.25, 0.3) is 5.69 Å². The van der Waals surface area contributed by atoms with Crippen molar-refractivity contribution in [1.82, 2.24) is 0 Å². The highest BCUT2D eigenvalue weighted by molar-refractivity contribution is 5.74. The SMILES string of the molecule is CCOC(=O)Cc1cc(C(F)(F)F)c(C#N)cc1[N+](=O)[O-]. The molecular formula is C12H9F3N2O4. The van der Waals surface area contributed by atoms with E-state index < -0.39 is 45.9 Å². The molecule has 112 valence electrons. The van der Waals surface area contributed by atoms with Gasteiger partial charge in [-0.3, -0.25) is 14.9 Å². The molecule has 21 heavy (non-hydrogen) atoms. The fourth-order valence-electron chi connectivity index (χ4n) is 1.64. The van der Waals surface area contributed by atoms with Gasteiger partial charge in [-0.1, -0.05) is 0 Å². The van der Waals surface area contributed by atoms with Crippen molar-refractivity contribution in [2.45, 2.75) is 19.5 Å². The van der Waals surface area contributed by atoms with Crippen LogP contribution in [0.5, 0.6) is 0 Å². The van der Waals surface area contributed by atoms with Gasteiger partial charge in [0, 0.05) is 11.6 Å². The zero-order valence-corrected chi connectivity index (χ0v) is 10.7. The summed E-state index contributed by atoms with van der Waals surface area (Å²) in [6.07, 6.45) is -5.54. The van der Waals surface area contributed by atoms with Crippen molar-refractivity contribution >= 4 is 11.7 Å². The minimum absolute atomic E-state index is 0.00492. The summed E-state index contributed by atoms with van der Waals surface area (Å²) in [4.78, 5) is 21.2. The van der Waals surface area contributed by atoms with Crippen molar-refractivity contribution in [3.8, 4) is 6.07 Å². The first-order valence-electron chi connectivity index (χ1n) is 5.65. The number of ether oxygens (including phenoxy) is 1. The minimum atomic E-state index is -4.86. The Bertz CT molecular complexity index is 620. The Balaban J connectivity index is 3.43. The summed E-state index contributed by atoms with van der Waals surface area (Å²) in [5, 5.41) is 19.5. The lowest BCUT2D eigenvalue weighted by Gasteiger charge is -2.11. The van der Waals surface area contributed by atoms with Crippen LogP contribution in [0.1, 0.15) is 23.6 Å².